The van der Waals surface area contributed by atoms with Crippen LogP contribution < -0.4 is 0 Å². The van der Waals surface area contributed by atoms with Gasteiger partial charge < -0.3 is 16.4 Å². The van der Waals surface area contributed by atoms with E-state index in [1.165, 1.54) is 0 Å². The monoisotopic (exact) mass is 162 g/mol. The first kappa shape index (κ1) is 170. The fourth-order valence-electron chi connectivity index (χ4n) is 0. The Labute approximate surface area is 51.0 Å². The maximum absolute atomic E-state index is 0. The molecule has 0 saturated carbocycles. The summed E-state index contributed by atoms with van der Waals surface area (Å²) in [6, 6.07) is 0. The Morgan fingerprint density at radius 3 is 0.600 bits per heavy atom. The van der Waals surface area contributed by atoms with Gasteiger partial charge in [0.1, 0.15) is 0 Å². The Morgan fingerprint density at radius 2 is 0.600 bits per heavy atom. The van der Waals surface area contributed by atoms with E-state index in [0.29, 0.717) is 0 Å². The molecule has 0 atom stereocenters. The molecule has 5 heavy (non-hydrogen) atoms. The van der Waals surface area contributed by atoms with Gasteiger partial charge in [0.15, 0.2) is 0 Å². The molecule has 5 heteroatoms. The predicted molar refractivity (Wildman–Crippen MR) is 4.56 cm³/mol. The second kappa shape index (κ2) is 89.5. The van der Waals surface area contributed by atoms with E-state index in [9.17, 15) is 0 Å². The maximum Gasteiger partial charge on any atom is 2.00 e. The van der Waals surface area contributed by atoms with Crippen molar-refractivity contribution in [3.8, 4) is 0 Å². The first-order valence-corrected chi connectivity index (χ1v) is 0. The Bertz CT molecular complexity index is 4.85. The van der Waals surface area contributed by atoms with Crippen molar-refractivity contribution in [1.82, 2.24) is 0 Å². The van der Waals surface area contributed by atoms with Crippen LogP contribution in [0.4, 0.5) is 0 Å². The number of rotatable bonds is 0. The zero-order valence-corrected chi connectivity index (χ0v) is 4.22. The molecule has 0 aliphatic heterocycles. The molecule has 2 N–H and O–H groups in total. The van der Waals surface area contributed by atoms with Gasteiger partial charge in [-0.2, -0.15) is 0 Å². The molecule has 0 fully saturated rings. The smallest absolute Gasteiger partial charge is 2.00 e. The minimum atomic E-state index is 0. The zero-order chi connectivity index (χ0) is 0. The molecule has 0 aromatic rings. The summed E-state index contributed by atoms with van der Waals surface area (Å²) in [5.41, 5.74) is 0. The molecule has 0 saturated heterocycles. The molecule has 0 radical (unpaired) electrons. The summed E-state index contributed by atoms with van der Waals surface area (Å²) < 4.78 is 0. The van der Waals surface area contributed by atoms with Gasteiger partial charge in [-0.05, 0) is 0 Å². The molecule has 0 heterocycles. The van der Waals surface area contributed by atoms with Gasteiger partial charge in [0, 0.05) is 0 Å². The molecule has 36 valence electrons. The van der Waals surface area contributed by atoms with Crippen LogP contribution in [-0.2, 0) is 39.6 Å². The molecule has 0 aromatic carbocycles. The standard InChI is InChI=1S/2Fe.2H2O.O/h;;2*1H2;/q2*+2;;;-2/p-2. The topological polar surface area (TPSA) is 88.5 Å². The fraction of sp³-hybridized carbons (Fsp3) is 0. The quantitative estimate of drug-likeness (QED) is 0.450. The summed E-state index contributed by atoms with van der Waals surface area (Å²) >= 11 is 0. The molecule has 0 aliphatic carbocycles. The third-order valence-electron chi connectivity index (χ3n) is 0. The van der Waals surface area contributed by atoms with E-state index in [0.717, 1.165) is 0 Å². The van der Waals surface area contributed by atoms with Crippen LogP contribution >= 0.6 is 0 Å². The van der Waals surface area contributed by atoms with Crippen molar-refractivity contribution in [2.45, 2.75) is 0 Å². The molecular formula is H2Fe2O3. The van der Waals surface area contributed by atoms with Crippen molar-refractivity contribution >= 4 is 0 Å². The summed E-state index contributed by atoms with van der Waals surface area (Å²) in [6.07, 6.45) is 0. The predicted octanol–water partition coefficient (Wildman–Crippen LogP) is -0.477. The van der Waals surface area contributed by atoms with E-state index in [2.05, 4.69) is 0 Å². The van der Waals surface area contributed by atoms with Crippen LogP contribution in [0.25, 0.3) is 0 Å². The Kier molecular flexibility index (Phi) is 3030. The second-order valence-corrected chi connectivity index (χ2v) is 0. The van der Waals surface area contributed by atoms with Crippen LogP contribution in [0.1, 0.15) is 0 Å². The van der Waals surface area contributed by atoms with Gasteiger partial charge in [-0.3, -0.25) is 0 Å². The van der Waals surface area contributed by atoms with E-state index < -0.39 is 0 Å². The van der Waals surface area contributed by atoms with Crippen LogP contribution in [0, 0.1) is 0 Å². The molecule has 0 aliphatic rings. The van der Waals surface area contributed by atoms with Crippen molar-refractivity contribution in [3.63, 3.8) is 0 Å². The molecule has 0 unspecified atom stereocenters. The van der Waals surface area contributed by atoms with Gasteiger partial charge in [-0.1, -0.05) is 0 Å². The average molecular weight is 162 g/mol. The van der Waals surface area contributed by atoms with Crippen LogP contribution in [0.3, 0.4) is 0 Å². The van der Waals surface area contributed by atoms with Crippen molar-refractivity contribution < 1.29 is 50.6 Å². The third-order valence-corrected chi connectivity index (χ3v) is 0. The minimum absolute atomic E-state index is 0. The summed E-state index contributed by atoms with van der Waals surface area (Å²) in [5, 5.41) is 0. The first-order chi connectivity index (χ1) is 0. The number of hydrogen-bond donors (Lipinski definition) is 0. The normalized spacial score (nSPS) is 0. The molecular weight excluding hydrogens is 160 g/mol. The van der Waals surface area contributed by atoms with Crippen molar-refractivity contribution in [2.24, 2.45) is 0 Å². The third kappa shape index (κ3) is 49.6. The maximum atomic E-state index is 0. The molecule has 3 nitrogen and oxygen atoms in total. The fourth-order valence-corrected chi connectivity index (χ4v) is 0. The Morgan fingerprint density at radius 1 is 0.600 bits per heavy atom. The summed E-state index contributed by atoms with van der Waals surface area (Å²) in [7, 11) is 0. The van der Waals surface area contributed by atoms with E-state index in [4.69, 9.17) is 0 Å². The summed E-state index contributed by atoms with van der Waals surface area (Å²) in [4.78, 5) is 0. The molecule has 0 aromatic heterocycles. The zero-order valence-electron chi connectivity index (χ0n) is 2.01. The molecule has 0 rings (SSSR count). The number of hydrogen-bond acceptors (Lipinski definition) is 2. The van der Waals surface area contributed by atoms with Gasteiger partial charge in [0.2, 0.25) is 0 Å². The van der Waals surface area contributed by atoms with Crippen molar-refractivity contribution in [2.75, 3.05) is 0 Å². The van der Waals surface area contributed by atoms with Crippen molar-refractivity contribution in [1.29, 1.82) is 0 Å². The average Bonchev–Trinajstić information content (AvgIpc) is 0. The van der Waals surface area contributed by atoms with Gasteiger partial charge >= 0.3 is 34.1 Å². The summed E-state index contributed by atoms with van der Waals surface area (Å²) in [5.74, 6) is 0. The van der Waals surface area contributed by atoms with Gasteiger partial charge in [0.25, 0.3) is 0 Å². The van der Waals surface area contributed by atoms with E-state index in [1.807, 2.05) is 0 Å². The Hall–Kier alpha value is 0.919. The SMILES string of the molecule is [Fe+2].[Fe+2].[O-2].[OH-].[OH-]. The van der Waals surface area contributed by atoms with Gasteiger partial charge in [-0.25, -0.2) is 0 Å². The minimum Gasteiger partial charge on any atom is -2.00 e. The van der Waals surface area contributed by atoms with Gasteiger partial charge in [-0.15, -0.1) is 0 Å². The largest absolute Gasteiger partial charge is 2.00 e. The van der Waals surface area contributed by atoms with Gasteiger partial charge in [0.05, 0.1) is 0 Å². The van der Waals surface area contributed by atoms with E-state index in [-0.39, 0.29) is 50.6 Å². The molecule has 0 bridgehead atoms. The van der Waals surface area contributed by atoms with Crippen LogP contribution in [-0.4, -0.2) is 11.0 Å². The molecule has 0 amide bonds. The second-order valence-electron chi connectivity index (χ2n) is 0. The van der Waals surface area contributed by atoms with E-state index in [1.54, 1.807) is 0 Å². The van der Waals surface area contributed by atoms with Crippen LogP contribution in [0.15, 0.2) is 0 Å². The summed E-state index contributed by atoms with van der Waals surface area (Å²) in [6.45, 7) is 0. The Balaban J connectivity index is 0. The molecule has 0 spiro atoms. The van der Waals surface area contributed by atoms with Crippen LogP contribution in [0.5, 0.6) is 0 Å². The first-order valence-electron chi connectivity index (χ1n) is 0. The van der Waals surface area contributed by atoms with Crippen molar-refractivity contribution in [3.05, 3.63) is 0 Å². The van der Waals surface area contributed by atoms with E-state index >= 15 is 0 Å². The van der Waals surface area contributed by atoms with Crippen LogP contribution in [0.2, 0.25) is 0 Å².